The fraction of sp³-hybridized carbons (Fsp3) is 0.550. The molecule has 1 N–H and O–H groups in total. The van der Waals surface area contributed by atoms with Crippen LogP contribution in [0.15, 0.2) is 23.1 Å². The Hall–Kier alpha value is -2.20. The van der Waals surface area contributed by atoms with Crippen LogP contribution in [0, 0.1) is 0 Å². The van der Waals surface area contributed by atoms with Gasteiger partial charge in [-0.25, -0.2) is 8.42 Å². The van der Waals surface area contributed by atoms with Crippen LogP contribution < -0.4 is 14.4 Å². The first-order valence-electron chi connectivity index (χ1n) is 10.1. The smallest absolute Gasteiger partial charge is 0.263 e. The normalized spacial score (nSPS) is 19.1. The van der Waals surface area contributed by atoms with Gasteiger partial charge in [0, 0.05) is 12.8 Å². The van der Waals surface area contributed by atoms with E-state index in [-0.39, 0.29) is 15.9 Å². The van der Waals surface area contributed by atoms with Crippen molar-refractivity contribution in [1.82, 2.24) is 10.2 Å². The molecule has 4 rings (SSSR count). The van der Waals surface area contributed by atoms with Gasteiger partial charge in [-0.3, -0.25) is 9.52 Å². The Morgan fingerprint density at radius 3 is 2.67 bits per heavy atom. The number of hydrogen-bond donors (Lipinski definition) is 1. The van der Waals surface area contributed by atoms with Gasteiger partial charge in [-0.2, -0.15) is 0 Å². The van der Waals surface area contributed by atoms with Crippen LogP contribution in [0.4, 0.5) is 10.8 Å². The Kier molecular flexibility index (Phi) is 5.48. The van der Waals surface area contributed by atoms with Crippen LogP contribution in [0.1, 0.15) is 63.8 Å². The van der Waals surface area contributed by atoms with Crippen LogP contribution in [0.3, 0.4) is 0 Å². The molecule has 1 aromatic heterocycles. The molecule has 0 radical (unpaired) electrons. The Bertz CT molecular complexity index is 1060. The summed E-state index contributed by atoms with van der Waals surface area (Å²) in [4.78, 5) is 13.7. The van der Waals surface area contributed by atoms with Crippen molar-refractivity contribution in [2.45, 2.75) is 69.3 Å². The minimum atomic E-state index is -3.88. The van der Waals surface area contributed by atoms with Crippen molar-refractivity contribution < 1.29 is 17.9 Å². The molecule has 0 saturated heterocycles. The number of anilines is 2. The van der Waals surface area contributed by atoms with E-state index in [1.54, 1.807) is 11.0 Å². The Morgan fingerprint density at radius 2 is 1.97 bits per heavy atom. The lowest BCUT2D eigenvalue weighted by Gasteiger charge is -2.39. The number of aromatic nitrogens is 2. The molecule has 0 unspecified atom stereocenters. The van der Waals surface area contributed by atoms with E-state index in [9.17, 15) is 13.2 Å². The number of fused-ring (bicyclic) bond motifs is 1. The van der Waals surface area contributed by atoms with E-state index in [0.29, 0.717) is 23.9 Å². The van der Waals surface area contributed by atoms with Crippen molar-refractivity contribution in [2.24, 2.45) is 0 Å². The Balaban J connectivity index is 1.59. The van der Waals surface area contributed by atoms with Gasteiger partial charge in [-0.15, -0.1) is 10.2 Å². The van der Waals surface area contributed by atoms with Crippen LogP contribution in [-0.2, 0) is 14.8 Å². The molecule has 0 bridgehead atoms. The summed E-state index contributed by atoms with van der Waals surface area (Å²) in [5.74, 6) is 0.676. The number of nitrogens with one attached hydrogen (secondary N) is 1. The first-order chi connectivity index (χ1) is 14.1. The van der Waals surface area contributed by atoms with Gasteiger partial charge < -0.3 is 9.64 Å². The number of rotatable bonds is 4. The standard InChI is InChI=1S/C20H26N4O4S2/c1-13(25)24-12-20(2,3)28-17-10-9-15(11-16(17)24)30(26,27)23-19-22-21-18(29-19)14-7-5-4-6-8-14/h9-11,14H,4-8,12H2,1-3H3,(H,22,23). The third kappa shape index (κ3) is 4.29. The molecular weight excluding hydrogens is 424 g/mol. The third-order valence-corrected chi connectivity index (χ3v) is 7.92. The zero-order valence-electron chi connectivity index (χ0n) is 17.3. The summed E-state index contributed by atoms with van der Waals surface area (Å²) in [6, 6.07) is 4.54. The second kappa shape index (κ2) is 7.81. The zero-order chi connectivity index (χ0) is 21.5. The Morgan fingerprint density at radius 1 is 1.23 bits per heavy atom. The van der Waals surface area contributed by atoms with Crippen molar-refractivity contribution in [2.75, 3.05) is 16.2 Å². The van der Waals surface area contributed by atoms with Gasteiger partial charge in [0.2, 0.25) is 11.0 Å². The predicted octanol–water partition coefficient (Wildman–Crippen LogP) is 3.91. The van der Waals surface area contributed by atoms with Gasteiger partial charge in [0.25, 0.3) is 10.0 Å². The molecule has 1 fully saturated rings. The van der Waals surface area contributed by atoms with E-state index in [1.807, 2.05) is 13.8 Å². The largest absolute Gasteiger partial charge is 0.484 e. The van der Waals surface area contributed by atoms with Crippen molar-refractivity contribution in [1.29, 1.82) is 0 Å². The molecule has 1 aliphatic heterocycles. The molecule has 1 aromatic carbocycles. The number of sulfonamides is 1. The highest BCUT2D eigenvalue weighted by atomic mass is 32.2. The first-order valence-corrected chi connectivity index (χ1v) is 12.4. The van der Waals surface area contributed by atoms with E-state index >= 15 is 0 Å². The molecule has 30 heavy (non-hydrogen) atoms. The predicted molar refractivity (Wildman–Crippen MR) is 116 cm³/mol. The maximum absolute atomic E-state index is 13.0. The van der Waals surface area contributed by atoms with Crippen molar-refractivity contribution >= 4 is 38.1 Å². The lowest BCUT2D eigenvalue weighted by molar-refractivity contribution is -0.117. The van der Waals surface area contributed by atoms with E-state index in [1.165, 1.54) is 49.7 Å². The Labute approximate surface area is 180 Å². The van der Waals surface area contributed by atoms with Crippen molar-refractivity contribution in [3.05, 3.63) is 23.2 Å². The molecular formula is C20H26N4O4S2. The summed E-state index contributed by atoms with van der Waals surface area (Å²) in [5, 5.41) is 9.39. The van der Waals surface area contributed by atoms with Crippen molar-refractivity contribution in [3.63, 3.8) is 0 Å². The highest BCUT2D eigenvalue weighted by Crippen LogP contribution is 2.39. The minimum Gasteiger partial charge on any atom is -0.484 e. The van der Waals surface area contributed by atoms with Gasteiger partial charge >= 0.3 is 0 Å². The van der Waals surface area contributed by atoms with Gasteiger partial charge in [0.1, 0.15) is 16.4 Å². The fourth-order valence-corrected chi connectivity index (χ4v) is 6.16. The molecule has 2 aliphatic rings. The average molecular weight is 451 g/mol. The first kappa shape index (κ1) is 21.0. The number of hydrogen-bond acceptors (Lipinski definition) is 7. The molecule has 2 heterocycles. The average Bonchev–Trinajstić information content (AvgIpc) is 3.14. The fourth-order valence-electron chi connectivity index (χ4n) is 4.00. The molecule has 10 heteroatoms. The minimum absolute atomic E-state index is 0.0465. The summed E-state index contributed by atoms with van der Waals surface area (Å²) >= 11 is 1.29. The SMILES string of the molecule is CC(=O)N1CC(C)(C)Oc2ccc(S(=O)(=O)Nc3nnc(C4CCCCC4)s3)cc21. The van der Waals surface area contributed by atoms with Crippen LogP contribution in [0.5, 0.6) is 5.75 Å². The summed E-state index contributed by atoms with van der Waals surface area (Å²) in [6.07, 6.45) is 5.73. The van der Waals surface area contributed by atoms with Gasteiger partial charge in [-0.1, -0.05) is 30.6 Å². The second-order valence-electron chi connectivity index (χ2n) is 8.48. The number of nitrogens with zero attached hydrogens (tertiary/aromatic N) is 3. The third-order valence-electron chi connectivity index (χ3n) is 5.45. The zero-order valence-corrected chi connectivity index (χ0v) is 19.0. The molecule has 162 valence electrons. The van der Waals surface area contributed by atoms with Crippen molar-refractivity contribution in [3.8, 4) is 5.75 Å². The molecule has 0 spiro atoms. The highest BCUT2D eigenvalue weighted by Gasteiger charge is 2.34. The van der Waals surface area contributed by atoms with E-state index in [2.05, 4.69) is 14.9 Å². The lowest BCUT2D eigenvalue weighted by Crippen LogP contribution is -2.48. The lowest BCUT2D eigenvalue weighted by atomic mass is 9.90. The number of ether oxygens (including phenoxy) is 1. The topological polar surface area (TPSA) is 101 Å². The second-order valence-corrected chi connectivity index (χ2v) is 11.2. The molecule has 1 aliphatic carbocycles. The summed E-state index contributed by atoms with van der Waals surface area (Å²) in [7, 11) is -3.88. The number of carbonyl (C=O) groups is 1. The van der Waals surface area contributed by atoms with E-state index < -0.39 is 15.6 Å². The maximum Gasteiger partial charge on any atom is 0.263 e. The number of carbonyl (C=O) groups excluding carboxylic acids is 1. The van der Waals surface area contributed by atoms with Crippen LogP contribution >= 0.6 is 11.3 Å². The maximum atomic E-state index is 13.0. The monoisotopic (exact) mass is 450 g/mol. The van der Waals surface area contributed by atoms with Crippen LogP contribution in [-0.4, -0.2) is 36.7 Å². The highest BCUT2D eigenvalue weighted by molar-refractivity contribution is 7.93. The van der Waals surface area contributed by atoms with E-state index in [0.717, 1.165) is 17.8 Å². The van der Waals surface area contributed by atoms with Gasteiger partial charge in [0.05, 0.1) is 17.1 Å². The van der Waals surface area contributed by atoms with Crippen LogP contribution in [0.2, 0.25) is 0 Å². The molecule has 8 nitrogen and oxygen atoms in total. The molecule has 0 atom stereocenters. The number of amides is 1. The molecule has 1 saturated carbocycles. The molecule has 1 amide bonds. The summed E-state index contributed by atoms with van der Waals surface area (Å²) < 4.78 is 34.4. The quantitative estimate of drug-likeness (QED) is 0.758. The summed E-state index contributed by atoms with van der Waals surface area (Å²) in [5.41, 5.74) is -0.107. The van der Waals surface area contributed by atoms with Crippen LogP contribution in [0.25, 0.3) is 0 Å². The van der Waals surface area contributed by atoms with Gasteiger partial charge in [-0.05, 0) is 44.9 Å². The summed E-state index contributed by atoms with van der Waals surface area (Å²) in [6.45, 7) is 5.57. The van der Waals surface area contributed by atoms with E-state index in [4.69, 9.17) is 4.74 Å². The molecule has 2 aromatic rings. The van der Waals surface area contributed by atoms with Gasteiger partial charge in [0.15, 0.2) is 0 Å². The number of benzene rings is 1.